The van der Waals surface area contributed by atoms with E-state index in [2.05, 4.69) is 0 Å². The molecule has 0 aliphatic rings. The number of carbonyl (C=O) groups is 1. The number of hydrogen-bond donors (Lipinski definition) is 0. The fourth-order valence-corrected chi connectivity index (χ4v) is 0.968. The Morgan fingerprint density at radius 3 is 2.45 bits per heavy atom. The first-order valence-electron chi connectivity index (χ1n) is 3.37. The number of benzene rings is 1. The fourth-order valence-electron chi connectivity index (χ4n) is 0.968. The molecule has 1 nitrogen and oxygen atoms in total. The molecular weight excluding hydrogens is 143 g/mol. The van der Waals surface area contributed by atoms with Crippen molar-refractivity contribution >= 4 is 6.29 Å². The zero-order chi connectivity index (χ0) is 8.43. The standard InChI is InChI=1S/C9H9FO/c1-6-3-7(2)9(10)4-8(6)5-11/h3-5H,1-2H3. The van der Waals surface area contributed by atoms with Crippen molar-refractivity contribution in [2.75, 3.05) is 0 Å². The van der Waals surface area contributed by atoms with E-state index in [1.807, 2.05) is 0 Å². The first-order chi connectivity index (χ1) is 5.15. The summed E-state index contributed by atoms with van der Waals surface area (Å²) in [7, 11) is 0. The van der Waals surface area contributed by atoms with E-state index in [0.717, 1.165) is 5.56 Å². The number of hydrogen-bond acceptors (Lipinski definition) is 1. The molecule has 0 heterocycles. The van der Waals surface area contributed by atoms with Gasteiger partial charge in [-0.1, -0.05) is 6.07 Å². The lowest BCUT2D eigenvalue weighted by molar-refractivity contribution is 0.112. The first-order valence-corrected chi connectivity index (χ1v) is 3.37. The second-order valence-corrected chi connectivity index (χ2v) is 2.58. The topological polar surface area (TPSA) is 17.1 Å². The predicted octanol–water partition coefficient (Wildman–Crippen LogP) is 2.26. The van der Waals surface area contributed by atoms with Crippen molar-refractivity contribution < 1.29 is 9.18 Å². The van der Waals surface area contributed by atoms with Gasteiger partial charge >= 0.3 is 0 Å². The van der Waals surface area contributed by atoms with Gasteiger partial charge in [-0.2, -0.15) is 0 Å². The van der Waals surface area contributed by atoms with Crippen LogP contribution in [0, 0.1) is 19.7 Å². The Kier molecular flexibility index (Phi) is 2.03. The zero-order valence-corrected chi connectivity index (χ0v) is 6.52. The number of aryl methyl sites for hydroxylation is 2. The number of halogens is 1. The fraction of sp³-hybridized carbons (Fsp3) is 0.222. The summed E-state index contributed by atoms with van der Waals surface area (Å²) in [5.74, 6) is -0.322. The molecule has 0 N–H and O–H groups in total. The second-order valence-electron chi connectivity index (χ2n) is 2.58. The van der Waals surface area contributed by atoms with Gasteiger partial charge in [-0.15, -0.1) is 0 Å². The van der Waals surface area contributed by atoms with Crippen molar-refractivity contribution in [3.63, 3.8) is 0 Å². The molecule has 0 fully saturated rings. The molecule has 0 bridgehead atoms. The lowest BCUT2D eigenvalue weighted by Gasteiger charge is -2.00. The first kappa shape index (κ1) is 7.92. The van der Waals surface area contributed by atoms with Crippen LogP contribution in [0.4, 0.5) is 4.39 Å². The van der Waals surface area contributed by atoms with E-state index in [-0.39, 0.29) is 5.82 Å². The molecule has 11 heavy (non-hydrogen) atoms. The SMILES string of the molecule is Cc1cc(C)c(C=O)cc1F. The molecule has 0 amide bonds. The predicted molar refractivity (Wildman–Crippen MR) is 41.3 cm³/mol. The molecule has 1 aromatic rings. The molecule has 2 heteroatoms. The average Bonchev–Trinajstić information content (AvgIpc) is 1.97. The van der Waals surface area contributed by atoms with E-state index < -0.39 is 0 Å². The van der Waals surface area contributed by atoms with Crippen molar-refractivity contribution in [3.8, 4) is 0 Å². The Labute approximate surface area is 64.9 Å². The minimum Gasteiger partial charge on any atom is -0.298 e. The Bertz CT molecular complexity index is 292. The van der Waals surface area contributed by atoms with Crippen molar-refractivity contribution in [2.45, 2.75) is 13.8 Å². The largest absolute Gasteiger partial charge is 0.298 e. The highest BCUT2D eigenvalue weighted by Gasteiger charge is 2.01. The molecular formula is C9H9FO. The Balaban J connectivity index is 3.31. The molecule has 1 rings (SSSR count). The van der Waals surface area contributed by atoms with Crippen molar-refractivity contribution in [1.82, 2.24) is 0 Å². The highest BCUT2D eigenvalue weighted by Crippen LogP contribution is 2.12. The molecule has 0 aliphatic heterocycles. The van der Waals surface area contributed by atoms with Crippen molar-refractivity contribution in [3.05, 3.63) is 34.6 Å². The molecule has 0 atom stereocenters. The highest BCUT2D eigenvalue weighted by atomic mass is 19.1. The summed E-state index contributed by atoms with van der Waals surface area (Å²) in [6.45, 7) is 3.47. The molecule has 0 aliphatic carbocycles. The molecule has 58 valence electrons. The Hall–Kier alpha value is -1.18. The minimum atomic E-state index is -0.322. The summed E-state index contributed by atoms with van der Waals surface area (Å²) in [6, 6.07) is 2.93. The van der Waals surface area contributed by atoms with Gasteiger partial charge in [0.2, 0.25) is 0 Å². The van der Waals surface area contributed by atoms with Gasteiger partial charge in [-0.25, -0.2) is 4.39 Å². The third-order valence-electron chi connectivity index (χ3n) is 1.67. The van der Waals surface area contributed by atoms with Gasteiger partial charge < -0.3 is 0 Å². The van der Waals surface area contributed by atoms with Crippen LogP contribution in [-0.2, 0) is 0 Å². The van der Waals surface area contributed by atoms with Crippen LogP contribution in [0.3, 0.4) is 0 Å². The van der Waals surface area contributed by atoms with Crippen molar-refractivity contribution in [2.24, 2.45) is 0 Å². The van der Waals surface area contributed by atoms with Gasteiger partial charge in [0, 0.05) is 5.56 Å². The van der Waals surface area contributed by atoms with E-state index in [4.69, 9.17) is 0 Å². The smallest absolute Gasteiger partial charge is 0.150 e. The van der Waals surface area contributed by atoms with Crippen molar-refractivity contribution in [1.29, 1.82) is 0 Å². The van der Waals surface area contributed by atoms with Crippen LogP contribution in [0.25, 0.3) is 0 Å². The van der Waals surface area contributed by atoms with Gasteiger partial charge in [-0.3, -0.25) is 4.79 Å². The van der Waals surface area contributed by atoms with Crippen LogP contribution < -0.4 is 0 Å². The maximum atomic E-state index is 12.8. The number of aldehydes is 1. The van der Waals surface area contributed by atoms with E-state index in [1.165, 1.54) is 6.07 Å². The molecule has 0 saturated carbocycles. The van der Waals surface area contributed by atoms with Gasteiger partial charge in [0.05, 0.1) is 0 Å². The lowest BCUT2D eigenvalue weighted by atomic mass is 10.1. The second kappa shape index (κ2) is 2.82. The quantitative estimate of drug-likeness (QED) is 0.564. The van der Waals surface area contributed by atoms with Crippen LogP contribution in [0.2, 0.25) is 0 Å². The van der Waals surface area contributed by atoms with Crippen LogP contribution >= 0.6 is 0 Å². The van der Waals surface area contributed by atoms with Gasteiger partial charge in [0.1, 0.15) is 12.1 Å². The van der Waals surface area contributed by atoms with Crippen LogP contribution in [0.1, 0.15) is 21.5 Å². The van der Waals surface area contributed by atoms with Gasteiger partial charge in [-0.05, 0) is 31.0 Å². The lowest BCUT2D eigenvalue weighted by Crippen LogP contribution is -1.91. The summed E-state index contributed by atoms with van der Waals surface area (Å²) < 4.78 is 12.8. The molecule has 1 aromatic carbocycles. The Morgan fingerprint density at radius 1 is 1.27 bits per heavy atom. The highest BCUT2D eigenvalue weighted by molar-refractivity contribution is 5.77. The van der Waals surface area contributed by atoms with Crippen LogP contribution in [-0.4, -0.2) is 6.29 Å². The van der Waals surface area contributed by atoms with Crippen LogP contribution in [0.15, 0.2) is 12.1 Å². The van der Waals surface area contributed by atoms with Gasteiger partial charge in [0.25, 0.3) is 0 Å². The molecule has 0 aromatic heterocycles. The third kappa shape index (κ3) is 1.45. The number of carbonyl (C=O) groups excluding carboxylic acids is 1. The summed E-state index contributed by atoms with van der Waals surface area (Å²) in [5.41, 5.74) is 1.82. The summed E-state index contributed by atoms with van der Waals surface area (Å²) in [4.78, 5) is 10.3. The van der Waals surface area contributed by atoms with E-state index in [0.29, 0.717) is 17.4 Å². The Morgan fingerprint density at radius 2 is 1.91 bits per heavy atom. The monoisotopic (exact) mass is 152 g/mol. The summed E-state index contributed by atoms with van der Waals surface area (Å²) in [5, 5.41) is 0. The average molecular weight is 152 g/mol. The molecule has 0 radical (unpaired) electrons. The normalized spacial score (nSPS) is 9.73. The van der Waals surface area contributed by atoms with E-state index in [1.54, 1.807) is 19.9 Å². The molecule has 0 unspecified atom stereocenters. The molecule has 0 spiro atoms. The van der Waals surface area contributed by atoms with Gasteiger partial charge in [0.15, 0.2) is 0 Å². The van der Waals surface area contributed by atoms with E-state index in [9.17, 15) is 9.18 Å². The summed E-state index contributed by atoms with van der Waals surface area (Å²) >= 11 is 0. The number of rotatable bonds is 1. The van der Waals surface area contributed by atoms with Crippen LogP contribution in [0.5, 0.6) is 0 Å². The van der Waals surface area contributed by atoms with E-state index >= 15 is 0 Å². The molecule has 0 saturated heterocycles. The maximum absolute atomic E-state index is 12.8. The summed E-state index contributed by atoms with van der Waals surface area (Å²) in [6.07, 6.45) is 0.665. The maximum Gasteiger partial charge on any atom is 0.150 e. The third-order valence-corrected chi connectivity index (χ3v) is 1.67. The minimum absolute atomic E-state index is 0.322. The zero-order valence-electron chi connectivity index (χ0n) is 6.52.